The molecular weight excluding hydrogens is 328 g/mol. The zero-order valence-electron chi connectivity index (χ0n) is 14.0. The van der Waals surface area contributed by atoms with Gasteiger partial charge >= 0.3 is 0 Å². The fourth-order valence-electron chi connectivity index (χ4n) is 2.42. The molecule has 25 heavy (non-hydrogen) atoms. The summed E-state index contributed by atoms with van der Waals surface area (Å²) in [6, 6.07) is 26.2. The lowest BCUT2D eigenvalue weighted by Crippen LogP contribution is -2.20. The van der Waals surface area contributed by atoms with Crippen molar-refractivity contribution in [3.05, 3.63) is 84.4 Å². The van der Waals surface area contributed by atoms with Crippen molar-refractivity contribution in [1.82, 2.24) is 5.32 Å². The van der Waals surface area contributed by atoms with Crippen LogP contribution in [0.4, 0.5) is 5.69 Å². The molecule has 0 atom stereocenters. The molecule has 0 fully saturated rings. The first-order valence-electron chi connectivity index (χ1n) is 8.32. The zero-order valence-corrected chi connectivity index (χ0v) is 14.8. The lowest BCUT2D eigenvalue weighted by molar-refractivity contribution is 0.313. The van der Waals surface area contributed by atoms with Gasteiger partial charge in [-0.2, -0.15) is 0 Å². The highest BCUT2D eigenvalue weighted by Crippen LogP contribution is 2.33. The second-order valence-corrected chi connectivity index (χ2v) is 6.67. The van der Waals surface area contributed by atoms with Gasteiger partial charge in [0.05, 0.1) is 0 Å². The Morgan fingerprint density at radius 2 is 1.48 bits per heavy atom. The molecule has 0 saturated carbocycles. The predicted octanol–water partition coefficient (Wildman–Crippen LogP) is 4.59. The molecule has 3 aromatic carbocycles. The lowest BCUT2D eigenvalue weighted by atomic mass is 10.2. The van der Waals surface area contributed by atoms with E-state index in [2.05, 4.69) is 35.6 Å². The quantitative estimate of drug-likeness (QED) is 0.461. The zero-order chi connectivity index (χ0) is 17.3. The van der Waals surface area contributed by atoms with E-state index in [4.69, 9.17) is 10.5 Å². The van der Waals surface area contributed by atoms with Crippen molar-refractivity contribution in [2.75, 3.05) is 18.9 Å². The van der Waals surface area contributed by atoms with Gasteiger partial charge in [0.25, 0.3) is 0 Å². The summed E-state index contributed by atoms with van der Waals surface area (Å²) >= 11 is 1.71. The molecule has 0 aliphatic carbocycles. The number of nitrogens with two attached hydrogens (primary N) is 1. The van der Waals surface area contributed by atoms with E-state index in [1.54, 1.807) is 11.8 Å². The van der Waals surface area contributed by atoms with Crippen LogP contribution in [0, 0.1) is 0 Å². The molecule has 0 unspecified atom stereocenters. The van der Waals surface area contributed by atoms with Gasteiger partial charge in [-0.1, -0.05) is 60.3 Å². The van der Waals surface area contributed by atoms with Crippen molar-refractivity contribution >= 4 is 17.4 Å². The van der Waals surface area contributed by atoms with E-state index in [1.165, 1.54) is 10.5 Å². The van der Waals surface area contributed by atoms with Crippen LogP contribution in [0.15, 0.2) is 88.7 Å². The molecule has 4 heteroatoms. The maximum Gasteiger partial charge on any atom is 0.119 e. The molecule has 0 bridgehead atoms. The number of hydrogen-bond donors (Lipinski definition) is 2. The fraction of sp³-hybridized carbons (Fsp3) is 0.143. The molecule has 3 nitrogen and oxygen atoms in total. The van der Waals surface area contributed by atoms with E-state index in [0.29, 0.717) is 6.61 Å². The maximum absolute atomic E-state index is 6.06. The van der Waals surface area contributed by atoms with Crippen LogP contribution in [0.25, 0.3) is 0 Å². The van der Waals surface area contributed by atoms with Gasteiger partial charge in [-0.05, 0) is 35.9 Å². The van der Waals surface area contributed by atoms with Gasteiger partial charge in [0.1, 0.15) is 12.4 Å². The van der Waals surface area contributed by atoms with E-state index in [9.17, 15) is 0 Å². The van der Waals surface area contributed by atoms with E-state index >= 15 is 0 Å². The second-order valence-electron chi connectivity index (χ2n) is 5.59. The van der Waals surface area contributed by atoms with Crippen LogP contribution in [0.1, 0.15) is 5.56 Å². The summed E-state index contributed by atoms with van der Waals surface area (Å²) in [6.45, 7) is 2.24. The Balaban J connectivity index is 1.52. The van der Waals surface area contributed by atoms with Gasteiger partial charge < -0.3 is 15.8 Å². The molecule has 128 valence electrons. The average molecular weight is 350 g/mol. The largest absolute Gasteiger partial charge is 0.492 e. The highest BCUT2D eigenvalue weighted by Gasteiger charge is 2.06. The van der Waals surface area contributed by atoms with Gasteiger partial charge in [0, 0.05) is 28.6 Å². The van der Waals surface area contributed by atoms with E-state index < -0.39 is 0 Å². The van der Waals surface area contributed by atoms with E-state index in [-0.39, 0.29) is 0 Å². The number of benzene rings is 3. The van der Waals surface area contributed by atoms with Gasteiger partial charge in [0.15, 0.2) is 0 Å². The Morgan fingerprint density at radius 3 is 2.28 bits per heavy atom. The molecule has 0 spiro atoms. The second kappa shape index (κ2) is 9.16. The average Bonchev–Trinajstić information content (AvgIpc) is 2.65. The van der Waals surface area contributed by atoms with Crippen molar-refractivity contribution in [3.8, 4) is 5.75 Å². The van der Waals surface area contributed by atoms with Gasteiger partial charge in [-0.3, -0.25) is 0 Å². The Morgan fingerprint density at radius 1 is 0.800 bits per heavy atom. The van der Waals surface area contributed by atoms with E-state index in [1.807, 2.05) is 48.5 Å². The summed E-state index contributed by atoms with van der Waals surface area (Å²) in [5.74, 6) is 0.903. The Hall–Kier alpha value is -2.43. The van der Waals surface area contributed by atoms with Gasteiger partial charge in [0.2, 0.25) is 0 Å². The van der Waals surface area contributed by atoms with Crippen LogP contribution < -0.4 is 15.8 Å². The Labute approximate surface area is 153 Å². The molecule has 0 amide bonds. The molecule has 3 rings (SSSR count). The summed E-state index contributed by atoms with van der Waals surface area (Å²) < 4.78 is 5.70. The van der Waals surface area contributed by atoms with Crippen LogP contribution in [0.2, 0.25) is 0 Å². The number of nitrogen functional groups attached to an aromatic ring is 1. The van der Waals surface area contributed by atoms with Crippen molar-refractivity contribution in [1.29, 1.82) is 0 Å². The molecule has 0 aliphatic rings. The normalized spacial score (nSPS) is 10.6. The summed E-state index contributed by atoms with van der Waals surface area (Å²) in [7, 11) is 0. The minimum Gasteiger partial charge on any atom is -0.492 e. The molecule has 3 aromatic rings. The number of hydrogen-bond acceptors (Lipinski definition) is 4. The van der Waals surface area contributed by atoms with Gasteiger partial charge in [-0.25, -0.2) is 0 Å². The number of anilines is 1. The van der Waals surface area contributed by atoms with Crippen molar-refractivity contribution < 1.29 is 4.74 Å². The van der Waals surface area contributed by atoms with Gasteiger partial charge in [-0.15, -0.1) is 0 Å². The van der Waals surface area contributed by atoms with Crippen molar-refractivity contribution in [2.45, 2.75) is 16.3 Å². The smallest absolute Gasteiger partial charge is 0.119 e. The highest BCUT2D eigenvalue weighted by atomic mass is 32.2. The topological polar surface area (TPSA) is 47.3 Å². The summed E-state index contributed by atoms with van der Waals surface area (Å²) in [5, 5.41) is 3.44. The van der Waals surface area contributed by atoms with Crippen LogP contribution in [0.3, 0.4) is 0 Å². The summed E-state index contributed by atoms with van der Waals surface area (Å²) in [4.78, 5) is 2.30. The third kappa shape index (κ3) is 5.28. The summed E-state index contributed by atoms with van der Waals surface area (Å²) in [6.07, 6.45) is 0. The highest BCUT2D eigenvalue weighted by molar-refractivity contribution is 7.99. The molecule has 0 heterocycles. The predicted molar refractivity (Wildman–Crippen MR) is 105 cm³/mol. The minimum absolute atomic E-state index is 0.644. The maximum atomic E-state index is 6.06. The van der Waals surface area contributed by atoms with Crippen molar-refractivity contribution in [3.63, 3.8) is 0 Å². The van der Waals surface area contributed by atoms with Crippen LogP contribution in [-0.4, -0.2) is 13.2 Å². The first kappa shape index (κ1) is 17.4. The number of para-hydroxylation sites is 2. The van der Waals surface area contributed by atoms with Crippen LogP contribution >= 0.6 is 11.8 Å². The lowest BCUT2D eigenvalue weighted by Gasteiger charge is -2.12. The third-order valence-corrected chi connectivity index (χ3v) is 4.93. The summed E-state index contributed by atoms with van der Waals surface area (Å²) in [5.41, 5.74) is 8.13. The van der Waals surface area contributed by atoms with Crippen molar-refractivity contribution in [2.24, 2.45) is 0 Å². The number of ether oxygens (including phenoxy) is 1. The fourth-order valence-corrected chi connectivity index (χ4v) is 3.41. The molecule has 3 N–H and O–H groups in total. The molecule has 0 saturated heterocycles. The molecule has 0 aliphatic heterocycles. The first-order chi connectivity index (χ1) is 12.3. The SMILES string of the molecule is Nc1ccccc1Sc1ccccc1CNCCOc1ccccc1. The number of rotatable bonds is 8. The first-order valence-corrected chi connectivity index (χ1v) is 9.13. The Bertz CT molecular complexity index is 793. The molecule has 0 radical (unpaired) electrons. The standard InChI is InChI=1S/C21H22N2OS/c22-19-11-5-7-13-21(19)25-20-12-6-4-8-17(20)16-23-14-15-24-18-9-2-1-3-10-18/h1-13,23H,14-16,22H2. The Kier molecular flexibility index (Phi) is 6.37. The molecule has 0 aromatic heterocycles. The minimum atomic E-state index is 0.644. The number of nitrogens with one attached hydrogen (secondary N) is 1. The third-order valence-electron chi connectivity index (χ3n) is 3.72. The van der Waals surface area contributed by atoms with E-state index in [0.717, 1.165) is 29.4 Å². The molecular formula is C21H22N2OS. The van der Waals surface area contributed by atoms with Crippen LogP contribution in [-0.2, 0) is 6.54 Å². The van der Waals surface area contributed by atoms with Crippen LogP contribution in [0.5, 0.6) is 5.75 Å². The monoisotopic (exact) mass is 350 g/mol.